The number of nitrogens with two attached hydrogens (primary N) is 1. The van der Waals surface area contributed by atoms with E-state index in [1.807, 2.05) is 30.3 Å². The number of sulfonamides is 1. The smallest absolute Gasteiger partial charge is 0.255 e. The summed E-state index contributed by atoms with van der Waals surface area (Å²) in [5, 5.41) is 15.1. The van der Waals surface area contributed by atoms with E-state index in [1.54, 1.807) is 43.3 Å². The Labute approximate surface area is 179 Å². The maximum Gasteiger partial charge on any atom is 0.255 e. The molecule has 1 heterocycles. The quantitative estimate of drug-likeness (QED) is 0.444. The van der Waals surface area contributed by atoms with Crippen LogP contribution in [-0.2, 0) is 10.0 Å². The molecule has 9 heteroatoms. The molecule has 8 nitrogen and oxygen atoms in total. The fraction of sp³-hybridized carbons (Fsp3) is 0.0455. The van der Waals surface area contributed by atoms with Gasteiger partial charge in [0.1, 0.15) is 0 Å². The summed E-state index contributed by atoms with van der Waals surface area (Å²) in [6, 6.07) is 21.1. The zero-order chi connectivity index (χ0) is 22.0. The molecule has 4 aromatic rings. The number of hydrogen-bond acceptors (Lipinski definition) is 5. The first kappa shape index (κ1) is 20.5. The topological polar surface area (TPSA) is 131 Å². The summed E-state index contributed by atoms with van der Waals surface area (Å²) in [5.41, 5.74) is 2.94. The third-order valence-electron chi connectivity index (χ3n) is 4.69. The lowest BCUT2D eigenvalue weighted by atomic mass is 10.1. The number of amides is 1. The molecule has 0 unspecified atom stereocenters. The van der Waals surface area contributed by atoms with Gasteiger partial charge in [0.2, 0.25) is 10.0 Å². The molecular weight excluding hydrogens is 414 g/mol. The molecule has 0 saturated carbocycles. The second-order valence-electron chi connectivity index (χ2n) is 6.93. The van der Waals surface area contributed by atoms with E-state index >= 15 is 0 Å². The van der Waals surface area contributed by atoms with E-state index in [0.717, 1.165) is 11.1 Å². The Hall–Kier alpha value is -3.82. The normalized spacial score (nSPS) is 11.3. The number of aryl methyl sites for hydroxylation is 1. The average molecular weight is 433 g/mol. The van der Waals surface area contributed by atoms with Crippen LogP contribution in [-0.4, -0.2) is 29.5 Å². The second-order valence-corrected chi connectivity index (χ2v) is 8.46. The monoisotopic (exact) mass is 433 g/mol. The van der Waals surface area contributed by atoms with Crippen LogP contribution in [0.2, 0.25) is 0 Å². The number of anilines is 1. The molecular formula is C22H19N5O3S. The lowest BCUT2D eigenvalue weighted by Gasteiger charge is -2.09. The Bertz CT molecular complexity index is 1350. The van der Waals surface area contributed by atoms with E-state index in [9.17, 15) is 13.2 Å². The Morgan fingerprint density at radius 1 is 0.968 bits per heavy atom. The SMILES string of the molecule is Cc1ccc(C(=O)Nc2ccc(-c3nc(-c4ccccc4)n[nH]3)cc2)cc1S(N)(=O)=O. The van der Waals surface area contributed by atoms with Crippen molar-refractivity contribution in [2.75, 3.05) is 5.32 Å². The van der Waals surface area contributed by atoms with Gasteiger partial charge in [0.25, 0.3) is 5.91 Å². The summed E-state index contributed by atoms with van der Waals surface area (Å²) in [7, 11) is -3.91. The van der Waals surface area contributed by atoms with Gasteiger partial charge in [-0.25, -0.2) is 18.5 Å². The molecule has 0 aliphatic carbocycles. The van der Waals surface area contributed by atoms with E-state index in [2.05, 4.69) is 20.5 Å². The zero-order valence-electron chi connectivity index (χ0n) is 16.5. The Balaban J connectivity index is 1.51. The molecule has 3 aromatic carbocycles. The van der Waals surface area contributed by atoms with Gasteiger partial charge < -0.3 is 5.32 Å². The number of nitrogens with one attached hydrogen (secondary N) is 2. The first-order valence-corrected chi connectivity index (χ1v) is 10.9. The van der Waals surface area contributed by atoms with Gasteiger partial charge in [-0.3, -0.25) is 9.89 Å². The maximum absolute atomic E-state index is 12.5. The highest BCUT2D eigenvalue weighted by molar-refractivity contribution is 7.89. The minimum Gasteiger partial charge on any atom is -0.322 e. The van der Waals surface area contributed by atoms with E-state index in [-0.39, 0.29) is 10.5 Å². The number of aromatic nitrogens is 3. The van der Waals surface area contributed by atoms with Crippen LogP contribution in [0.5, 0.6) is 0 Å². The molecule has 0 saturated heterocycles. The third kappa shape index (κ3) is 4.52. The summed E-state index contributed by atoms with van der Waals surface area (Å²) in [5.74, 6) is 0.759. The summed E-state index contributed by atoms with van der Waals surface area (Å²) in [4.78, 5) is 17.0. The minimum absolute atomic E-state index is 0.0740. The highest BCUT2D eigenvalue weighted by Gasteiger charge is 2.15. The first-order valence-electron chi connectivity index (χ1n) is 9.34. The highest BCUT2D eigenvalue weighted by Crippen LogP contribution is 2.22. The largest absolute Gasteiger partial charge is 0.322 e. The summed E-state index contributed by atoms with van der Waals surface area (Å²) in [6.07, 6.45) is 0. The van der Waals surface area contributed by atoms with Crippen molar-refractivity contribution in [3.05, 3.63) is 83.9 Å². The van der Waals surface area contributed by atoms with Gasteiger partial charge in [-0.15, -0.1) is 0 Å². The van der Waals surface area contributed by atoms with Crippen LogP contribution < -0.4 is 10.5 Å². The first-order chi connectivity index (χ1) is 14.8. The number of rotatable bonds is 5. The number of benzene rings is 3. The van der Waals surface area contributed by atoms with Gasteiger partial charge >= 0.3 is 0 Å². The Morgan fingerprint density at radius 3 is 2.35 bits per heavy atom. The lowest BCUT2D eigenvalue weighted by Crippen LogP contribution is -2.17. The van der Waals surface area contributed by atoms with Crippen LogP contribution in [0.25, 0.3) is 22.8 Å². The molecule has 0 bridgehead atoms. The molecule has 0 atom stereocenters. The van der Waals surface area contributed by atoms with Crippen molar-refractivity contribution in [2.24, 2.45) is 5.14 Å². The van der Waals surface area contributed by atoms with Gasteiger partial charge in [-0.05, 0) is 48.9 Å². The highest BCUT2D eigenvalue weighted by atomic mass is 32.2. The molecule has 0 radical (unpaired) electrons. The van der Waals surface area contributed by atoms with Crippen molar-refractivity contribution in [3.63, 3.8) is 0 Å². The van der Waals surface area contributed by atoms with Crippen LogP contribution >= 0.6 is 0 Å². The number of hydrogen-bond donors (Lipinski definition) is 3. The van der Waals surface area contributed by atoms with Crippen LogP contribution in [0.3, 0.4) is 0 Å². The fourth-order valence-corrected chi connectivity index (χ4v) is 3.88. The molecule has 4 rings (SSSR count). The second kappa shape index (κ2) is 8.13. The lowest BCUT2D eigenvalue weighted by molar-refractivity contribution is 0.102. The Morgan fingerprint density at radius 2 is 1.68 bits per heavy atom. The van der Waals surface area contributed by atoms with Crippen molar-refractivity contribution in [3.8, 4) is 22.8 Å². The molecule has 31 heavy (non-hydrogen) atoms. The molecule has 4 N–H and O–H groups in total. The van der Waals surface area contributed by atoms with Gasteiger partial charge in [-0.1, -0.05) is 36.4 Å². The Kier molecular flexibility index (Phi) is 5.37. The number of carbonyl (C=O) groups excluding carboxylic acids is 1. The predicted octanol–water partition coefficient (Wildman–Crippen LogP) is 3.35. The fourth-order valence-electron chi connectivity index (χ4n) is 3.07. The van der Waals surface area contributed by atoms with Crippen molar-refractivity contribution in [2.45, 2.75) is 11.8 Å². The van der Waals surface area contributed by atoms with E-state index in [4.69, 9.17) is 5.14 Å². The number of H-pyrrole nitrogens is 1. The van der Waals surface area contributed by atoms with Crippen molar-refractivity contribution in [1.29, 1.82) is 0 Å². The predicted molar refractivity (Wildman–Crippen MR) is 118 cm³/mol. The number of nitrogens with zero attached hydrogens (tertiary/aromatic N) is 2. The van der Waals surface area contributed by atoms with Crippen molar-refractivity contribution in [1.82, 2.24) is 15.2 Å². The maximum atomic E-state index is 12.5. The van der Waals surface area contributed by atoms with Crippen molar-refractivity contribution >= 4 is 21.6 Å². The molecule has 1 amide bonds. The zero-order valence-corrected chi connectivity index (χ0v) is 17.3. The van der Waals surface area contributed by atoms with Crippen molar-refractivity contribution < 1.29 is 13.2 Å². The number of carbonyl (C=O) groups is 1. The summed E-state index contributed by atoms with van der Waals surface area (Å²) >= 11 is 0. The summed E-state index contributed by atoms with van der Waals surface area (Å²) in [6.45, 7) is 1.62. The standard InChI is InChI=1S/C22H19N5O3S/c1-14-7-8-17(13-19(14)31(23,29)30)22(28)24-18-11-9-16(10-12-18)21-25-20(26-27-21)15-5-3-2-4-6-15/h2-13H,1H3,(H,24,28)(H2,23,29,30)(H,25,26,27). The van der Waals surface area contributed by atoms with Crippen LogP contribution in [0.4, 0.5) is 5.69 Å². The van der Waals surface area contributed by atoms with Crippen LogP contribution in [0.15, 0.2) is 77.7 Å². The van der Waals surface area contributed by atoms with Gasteiger partial charge in [0.15, 0.2) is 11.6 Å². The molecule has 0 fully saturated rings. The van der Waals surface area contributed by atoms with E-state index in [0.29, 0.717) is 22.9 Å². The minimum atomic E-state index is -3.91. The number of aromatic amines is 1. The van der Waals surface area contributed by atoms with Gasteiger partial charge in [-0.2, -0.15) is 5.10 Å². The summed E-state index contributed by atoms with van der Waals surface area (Å²) < 4.78 is 23.4. The molecule has 0 spiro atoms. The molecule has 0 aliphatic rings. The molecule has 1 aromatic heterocycles. The molecule has 0 aliphatic heterocycles. The van der Waals surface area contributed by atoms with E-state index < -0.39 is 15.9 Å². The molecule has 156 valence electrons. The van der Waals surface area contributed by atoms with Gasteiger partial charge in [0.05, 0.1) is 4.90 Å². The van der Waals surface area contributed by atoms with Crippen LogP contribution in [0.1, 0.15) is 15.9 Å². The van der Waals surface area contributed by atoms with Crippen LogP contribution in [0, 0.1) is 6.92 Å². The van der Waals surface area contributed by atoms with Gasteiger partial charge in [0, 0.05) is 22.4 Å². The third-order valence-corrected chi connectivity index (χ3v) is 5.74. The van der Waals surface area contributed by atoms with E-state index in [1.165, 1.54) is 6.07 Å². The number of primary sulfonamides is 1. The average Bonchev–Trinajstić information content (AvgIpc) is 3.25.